The van der Waals surface area contributed by atoms with Gasteiger partial charge in [0.1, 0.15) is 17.2 Å². The van der Waals surface area contributed by atoms with E-state index in [4.69, 9.17) is 14.2 Å². The van der Waals surface area contributed by atoms with Gasteiger partial charge in [0.05, 0.1) is 7.11 Å². The number of anilines is 3. The van der Waals surface area contributed by atoms with Crippen LogP contribution in [0.1, 0.15) is 13.8 Å². The van der Waals surface area contributed by atoms with E-state index in [2.05, 4.69) is 4.90 Å². The molecule has 3 aromatic rings. The van der Waals surface area contributed by atoms with Crippen LogP contribution in [0, 0.1) is 0 Å². The van der Waals surface area contributed by atoms with E-state index >= 15 is 0 Å². The van der Waals surface area contributed by atoms with Crippen molar-refractivity contribution < 1.29 is 24.4 Å². The highest BCUT2D eigenvalue weighted by Crippen LogP contribution is 2.36. The number of benzene rings is 3. The zero-order valence-electron chi connectivity index (χ0n) is 16.6. The number of aliphatic hydroxyl groups excluding tert-OH is 2. The molecule has 0 aliphatic carbocycles. The van der Waals surface area contributed by atoms with Crippen LogP contribution in [0.15, 0.2) is 72.8 Å². The smallest absolute Gasteiger partial charge is 0.194 e. The van der Waals surface area contributed by atoms with Gasteiger partial charge in [-0.15, -0.1) is 0 Å². The predicted molar refractivity (Wildman–Crippen MR) is 112 cm³/mol. The normalized spacial score (nSPS) is 12.7. The van der Waals surface area contributed by atoms with Crippen molar-refractivity contribution in [1.29, 1.82) is 0 Å². The fourth-order valence-electron chi connectivity index (χ4n) is 2.92. The van der Waals surface area contributed by atoms with Crippen molar-refractivity contribution >= 4 is 17.1 Å². The first kappa shape index (κ1) is 20.5. The van der Waals surface area contributed by atoms with E-state index in [1.165, 1.54) is 0 Å². The highest BCUT2D eigenvalue weighted by molar-refractivity contribution is 5.77. The second kappa shape index (κ2) is 9.32. The summed E-state index contributed by atoms with van der Waals surface area (Å²) in [5, 5.41) is 18.8. The fourth-order valence-corrected chi connectivity index (χ4v) is 2.92. The molecule has 6 heteroatoms. The van der Waals surface area contributed by atoms with Gasteiger partial charge in [0, 0.05) is 17.1 Å². The maximum atomic E-state index is 9.40. The average molecular weight is 395 g/mol. The number of rotatable bonds is 8. The molecule has 0 saturated carbocycles. The van der Waals surface area contributed by atoms with Crippen molar-refractivity contribution in [2.45, 2.75) is 26.4 Å². The van der Waals surface area contributed by atoms with Crippen molar-refractivity contribution in [2.75, 3.05) is 12.0 Å². The SMILES string of the molecule is COc1ccc(N(c2ccc(OC(C)O)cc2)c2ccc(OC(C)O)cc2)cc1. The van der Waals surface area contributed by atoms with Gasteiger partial charge in [-0.05, 0) is 86.6 Å². The second-order valence-electron chi connectivity index (χ2n) is 6.46. The molecule has 0 heterocycles. The van der Waals surface area contributed by atoms with Gasteiger partial charge in [-0.3, -0.25) is 0 Å². The summed E-state index contributed by atoms with van der Waals surface area (Å²) in [6, 6.07) is 22.7. The van der Waals surface area contributed by atoms with Gasteiger partial charge in [-0.25, -0.2) is 0 Å². The Labute approximate surface area is 170 Å². The summed E-state index contributed by atoms with van der Waals surface area (Å²) in [5.41, 5.74) is 2.77. The van der Waals surface area contributed by atoms with Crippen LogP contribution in [0.25, 0.3) is 0 Å². The Morgan fingerprint density at radius 2 is 0.897 bits per heavy atom. The standard InChI is InChI=1S/C23H25NO5/c1-16(25)28-22-12-6-19(7-13-22)24(18-4-10-21(27-3)11-5-18)20-8-14-23(15-9-20)29-17(2)26/h4-17,25-26H,1-3H3. The zero-order valence-corrected chi connectivity index (χ0v) is 16.6. The lowest BCUT2D eigenvalue weighted by atomic mass is 10.2. The summed E-state index contributed by atoms with van der Waals surface area (Å²) < 4.78 is 15.9. The van der Waals surface area contributed by atoms with Crippen LogP contribution in [0.2, 0.25) is 0 Å². The zero-order chi connectivity index (χ0) is 20.8. The minimum Gasteiger partial charge on any atom is -0.497 e. The summed E-state index contributed by atoms with van der Waals surface area (Å²) in [5.74, 6) is 1.94. The molecule has 0 saturated heterocycles. The number of ether oxygens (including phenoxy) is 3. The molecule has 0 radical (unpaired) electrons. The van der Waals surface area contributed by atoms with Crippen LogP contribution in [0.3, 0.4) is 0 Å². The highest BCUT2D eigenvalue weighted by atomic mass is 16.6. The molecule has 0 aliphatic rings. The molecule has 2 unspecified atom stereocenters. The fraction of sp³-hybridized carbons (Fsp3) is 0.217. The lowest BCUT2D eigenvalue weighted by Gasteiger charge is -2.26. The van der Waals surface area contributed by atoms with E-state index in [9.17, 15) is 10.2 Å². The van der Waals surface area contributed by atoms with Crippen molar-refractivity contribution in [3.8, 4) is 17.2 Å². The summed E-state index contributed by atoms with van der Waals surface area (Å²) in [7, 11) is 1.63. The van der Waals surface area contributed by atoms with Crippen molar-refractivity contribution in [2.24, 2.45) is 0 Å². The first-order chi connectivity index (χ1) is 14.0. The van der Waals surface area contributed by atoms with Gasteiger partial charge in [0.25, 0.3) is 0 Å². The third kappa shape index (κ3) is 5.40. The van der Waals surface area contributed by atoms with Gasteiger partial charge >= 0.3 is 0 Å². The maximum absolute atomic E-state index is 9.40. The van der Waals surface area contributed by atoms with E-state index in [1.54, 1.807) is 21.0 Å². The lowest BCUT2D eigenvalue weighted by Crippen LogP contribution is -2.12. The highest BCUT2D eigenvalue weighted by Gasteiger charge is 2.13. The minimum atomic E-state index is -0.875. The quantitative estimate of drug-likeness (QED) is 0.543. The molecular weight excluding hydrogens is 370 g/mol. The molecule has 2 N–H and O–H groups in total. The van der Waals surface area contributed by atoms with E-state index in [0.29, 0.717) is 11.5 Å². The number of aliphatic hydroxyl groups is 2. The molecule has 0 spiro atoms. The minimum absolute atomic E-state index is 0.583. The topological polar surface area (TPSA) is 71.4 Å². The van der Waals surface area contributed by atoms with Crippen LogP contribution >= 0.6 is 0 Å². The van der Waals surface area contributed by atoms with E-state index in [1.807, 2.05) is 72.8 Å². The molecule has 3 rings (SSSR count). The van der Waals surface area contributed by atoms with Crippen LogP contribution in [-0.2, 0) is 0 Å². The van der Waals surface area contributed by atoms with Gasteiger partial charge in [0.15, 0.2) is 12.6 Å². The molecule has 0 amide bonds. The number of methoxy groups -OCH3 is 1. The number of nitrogens with zero attached hydrogens (tertiary/aromatic N) is 1. The number of hydrogen-bond donors (Lipinski definition) is 2. The molecule has 152 valence electrons. The summed E-state index contributed by atoms with van der Waals surface area (Å²) in [6.45, 7) is 3.13. The van der Waals surface area contributed by atoms with Gasteiger partial charge in [-0.1, -0.05) is 0 Å². The Morgan fingerprint density at radius 3 is 1.17 bits per heavy atom. The summed E-state index contributed by atoms with van der Waals surface area (Å²) >= 11 is 0. The van der Waals surface area contributed by atoms with Crippen LogP contribution in [-0.4, -0.2) is 29.9 Å². The van der Waals surface area contributed by atoms with Crippen molar-refractivity contribution in [1.82, 2.24) is 0 Å². The van der Waals surface area contributed by atoms with Crippen molar-refractivity contribution in [3.05, 3.63) is 72.8 Å². The Bertz CT molecular complexity index is 837. The molecule has 0 aromatic heterocycles. The van der Waals surface area contributed by atoms with Gasteiger partial charge < -0.3 is 29.3 Å². The van der Waals surface area contributed by atoms with E-state index in [0.717, 1.165) is 22.8 Å². The predicted octanol–water partition coefficient (Wildman–Crippen LogP) is 4.60. The summed E-state index contributed by atoms with van der Waals surface area (Å²) in [6.07, 6.45) is -1.75. The molecule has 6 nitrogen and oxygen atoms in total. The monoisotopic (exact) mass is 395 g/mol. The third-order valence-corrected chi connectivity index (χ3v) is 4.13. The van der Waals surface area contributed by atoms with Crippen LogP contribution in [0.5, 0.6) is 17.2 Å². The molecule has 0 fully saturated rings. The Hall–Kier alpha value is -3.22. The number of hydrogen-bond acceptors (Lipinski definition) is 6. The van der Waals surface area contributed by atoms with E-state index in [-0.39, 0.29) is 0 Å². The van der Waals surface area contributed by atoms with Gasteiger partial charge in [-0.2, -0.15) is 0 Å². The first-order valence-electron chi connectivity index (χ1n) is 9.30. The lowest BCUT2D eigenvalue weighted by molar-refractivity contribution is -0.000859. The molecule has 2 atom stereocenters. The Morgan fingerprint density at radius 1 is 0.586 bits per heavy atom. The Balaban J connectivity index is 1.97. The average Bonchev–Trinajstić information content (AvgIpc) is 2.70. The molecule has 0 aliphatic heterocycles. The molecule has 0 bridgehead atoms. The van der Waals surface area contributed by atoms with Crippen molar-refractivity contribution in [3.63, 3.8) is 0 Å². The second-order valence-corrected chi connectivity index (χ2v) is 6.46. The molecule has 3 aromatic carbocycles. The summed E-state index contributed by atoms with van der Waals surface area (Å²) in [4.78, 5) is 2.07. The molecule has 29 heavy (non-hydrogen) atoms. The van der Waals surface area contributed by atoms with Crippen LogP contribution < -0.4 is 19.1 Å². The van der Waals surface area contributed by atoms with Crippen LogP contribution in [0.4, 0.5) is 17.1 Å². The maximum Gasteiger partial charge on any atom is 0.194 e. The molecular formula is C23H25NO5. The third-order valence-electron chi connectivity index (χ3n) is 4.13. The Kier molecular flexibility index (Phi) is 6.59. The van der Waals surface area contributed by atoms with E-state index < -0.39 is 12.6 Å². The van der Waals surface area contributed by atoms with Gasteiger partial charge in [0.2, 0.25) is 0 Å². The largest absolute Gasteiger partial charge is 0.497 e. The first-order valence-corrected chi connectivity index (χ1v) is 9.30.